The van der Waals surface area contributed by atoms with Crippen LogP contribution in [0.1, 0.15) is 24.2 Å². The van der Waals surface area contributed by atoms with Crippen LogP contribution in [0.15, 0.2) is 12.3 Å². The van der Waals surface area contributed by atoms with Gasteiger partial charge >= 0.3 is 5.97 Å². The molecule has 0 atom stereocenters. The van der Waals surface area contributed by atoms with Gasteiger partial charge in [0.05, 0.1) is 10.6 Å². The number of pyridine rings is 1. The van der Waals surface area contributed by atoms with Crippen molar-refractivity contribution >= 4 is 35.1 Å². The minimum absolute atomic E-state index is 0.0911. The Morgan fingerprint density at radius 2 is 1.94 bits per heavy atom. The lowest BCUT2D eigenvalue weighted by molar-refractivity contribution is -0.147. The van der Waals surface area contributed by atoms with Crippen molar-refractivity contribution in [3.63, 3.8) is 0 Å². The zero-order valence-corrected chi connectivity index (χ0v) is 11.6. The van der Waals surface area contributed by atoms with Gasteiger partial charge in [0.1, 0.15) is 10.7 Å². The maximum atomic E-state index is 12.1. The molecule has 0 fully saturated rings. The van der Waals surface area contributed by atoms with Crippen LogP contribution in [0.3, 0.4) is 0 Å². The Labute approximate surface area is 114 Å². The number of nitrogens with zero attached hydrogens (tertiary/aromatic N) is 2. The first-order chi connectivity index (χ1) is 8.17. The Balaban J connectivity index is 3.07. The minimum atomic E-state index is -1.33. The van der Waals surface area contributed by atoms with Gasteiger partial charge in [-0.2, -0.15) is 0 Å². The van der Waals surface area contributed by atoms with Crippen LogP contribution < -0.4 is 0 Å². The number of rotatable bonds is 3. The fraction of sp³-hybridized carbons (Fsp3) is 0.364. The van der Waals surface area contributed by atoms with Crippen molar-refractivity contribution in [2.45, 2.75) is 19.4 Å². The molecular formula is C11H12Cl2N2O3. The molecule has 0 radical (unpaired) electrons. The first-order valence-corrected chi connectivity index (χ1v) is 5.76. The number of carboxylic acids is 1. The summed E-state index contributed by atoms with van der Waals surface area (Å²) in [6.07, 6.45) is 1.25. The SMILES string of the molecule is CN(C(=O)c1cnc(Cl)c(Cl)c1)C(C)(C)C(=O)O. The fourth-order valence-corrected chi connectivity index (χ4v) is 1.40. The molecule has 1 rings (SSSR count). The number of carbonyl (C=O) groups excluding carboxylic acids is 1. The number of hydrogen-bond donors (Lipinski definition) is 1. The molecule has 0 unspecified atom stereocenters. The van der Waals surface area contributed by atoms with Crippen LogP contribution in [0.2, 0.25) is 10.2 Å². The topological polar surface area (TPSA) is 70.5 Å². The fourth-order valence-electron chi connectivity index (χ4n) is 1.13. The van der Waals surface area contributed by atoms with E-state index in [0.717, 1.165) is 4.90 Å². The number of aromatic nitrogens is 1. The van der Waals surface area contributed by atoms with E-state index < -0.39 is 17.4 Å². The van der Waals surface area contributed by atoms with Crippen LogP contribution in [-0.2, 0) is 4.79 Å². The van der Waals surface area contributed by atoms with E-state index in [1.54, 1.807) is 0 Å². The van der Waals surface area contributed by atoms with Gasteiger partial charge in [0.25, 0.3) is 5.91 Å². The lowest BCUT2D eigenvalue weighted by Gasteiger charge is -2.31. The normalized spacial score (nSPS) is 11.2. The summed E-state index contributed by atoms with van der Waals surface area (Å²) in [5, 5.41) is 9.28. The summed E-state index contributed by atoms with van der Waals surface area (Å²) in [6, 6.07) is 1.35. The van der Waals surface area contributed by atoms with E-state index >= 15 is 0 Å². The summed E-state index contributed by atoms with van der Waals surface area (Å²) in [7, 11) is 1.40. The van der Waals surface area contributed by atoms with Gasteiger partial charge in [0, 0.05) is 13.2 Å². The molecule has 1 heterocycles. The predicted octanol–water partition coefficient (Wildman–Crippen LogP) is 2.32. The van der Waals surface area contributed by atoms with Crippen LogP contribution in [0.4, 0.5) is 0 Å². The van der Waals surface area contributed by atoms with Crippen molar-refractivity contribution in [3.8, 4) is 0 Å². The molecule has 0 spiro atoms. The van der Waals surface area contributed by atoms with Gasteiger partial charge in [-0.15, -0.1) is 0 Å². The van der Waals surface area contributed by atoms with Crippen molar-refractivity contribution in [3.05, 3.63) is 28.0 Å². The van der Waals surface area contributed by atoms with Gasteiger partial charge in [0.15, 0.2) is 0 Å². The Morgan fingerprint density at radius 3 is 2.39 bits per heavy atom. The second-order valence-corrected chi connectivity index (χ2v) is 4.99. The third-order valence-corrected chi connectivity index (χ3v) is 3.40. The zero-order valence-electron chi connectivity index (χ0n) is 10.1. The highest BCUT2D eigenvalue weighted by Gasteiger charge is 2.35. The second-order valence-electron chi connectivity index (χ2n) is 4.22. The summed E-state index contributed by atoms with van der Waals surface area (Å²) >= 11 is 11.4. The standard InChI is InChI=1S/C11H12Cl2N2O3/c1-11(2,10(17)18)15(3)9(16)6-4-7(12)8(13)14-5-6/h4-5H,1-3H3,(H,17,18). The molecule has 18 heavy (non-hydrogen) atoms. The van der Waals surface area contributed by atoms with Crippen LogP contribution in [0.5, 0.6) is 0 Å². The third kappa shape index (κ3) is 2.73. The van der Waals surface area contributed by atoms with E-state index in [0.29, 0.717) is 0 Å². The van der Waals surface area contributed by atoms with Gasteiger partial charge in [-0.25, -0.2) is 9.78 Å². The number of carbonyl (C=O) groups is 2. The Bertz CT molecular complexity index is 503. The van der Waals surface area contributed by atoms with Crippen LogP contribution in [0.25, 0.3) is 0 Å². The molecule has 5 nitrogen and oxygen atoms in total. The molecule has 1 aromatic rings. The number of aliphatic carboxylic acids is 1. The Morgan fingerprint density at radius 1 is 1.39 bits per heavy atom. The van der Waals surface area contributed by atoms with Crippen molar-refractivity contribution < 1.29 is 14.7 Å². The molecule has 0 aromatic carbocycles. The number of hydrogen-bond acceptors (Lipinski definition) is 3. The molecule has 1 amide bonds. The highest BCUT2D eigenvalue weighted by Crippen LogP contribution is 2.22. The maximum Gasteiger partial charge on any atom is 0.329 e. The van der Waals surface area contributed by atoms with Gasteiger partial charge in [0.2, 0.25) is 0 Å². The molecule has 1 aromatic heterocycles. The molecule has 0 saturated carbocycles. The highest BCUT2D eigenvalue weighted by atomic mass is 35.5. The van der Waals surface area contributed by atoms with Crippen molar-refractivity contribution in [1.29, 1.82) is 0 Å². The minimum Gasteiger partial charge on any atom is -0.480 e. The second kappa shape index (κ2) is 5.12. The highest BCUT2D eigenvalue weighted by molar-refractivity contribution is 6.41. The van der Waals surface area contributed by atoms with Crippen molar-refractivity contribution in [1.82, 2.24) is 9.88 Å². The molecule has 0 aliphatic rings. The molecule has 98 valence electrons. The lowest BCUT2D eigenvalue weighted by atomic mass is 10.0. The van der Waals surface area contributed by atoms with Crippen LogP contribution in [0, 0.1) is 0 Å². The maximum absolute atomic E-state index is 12.1. The van der Waals surface area contributed by atoms with Gasteiger partial charge in [-0.3, -0.25) is 4.79 Å². The number of carboxylic acid groups (broad SMARTS) is 1. The molecule has 7 heteroatoms. The van der Waals surface area contributed by atoms with Crippen LogP contribution >= 0.6 is 23.2 Å². The summed E-state index contributed by atoms with van der Waals surface area (Å²) in [4.78, 5) is 28.0. The van der Waals surface area contributed by atoms with E-state index in [-0.39, 0.29) is 15.7 Å². The van der Waals surface area contributed by atoms with Crippen molar-refractivity contribution in [2.75, 3.05) is 7.05 Å². The Kier molecular flexibility index (Phi) is 4.19. The van der Waals surface area contributed by atoms with Gasteiger partial charge in [-0.05, 0) is 19.9 Å². The monoisotopic (exact) mass is 290 g/mol. The molecule has 0 bridgehead atoms. The van der Waals surface area contributed by atoms with Gasteiger partial charge in [-0.1, -0.05) is 23.2 Å². The first-order valence-electron chi connectivity index (χ1n) is 5.00. The lowest BCUT2D eigenvalue weighted by Crippen LogP contribution is -2.50. The van der Waals surface area contributed by atoms with E-state index in [4.69, 9.17) is 28.3 Å². The zero-order chi connectivity index (χ0) is 14.1. The summed E-state index contributed by atoms with van der Waals surface area (Å²) in [5.74, 6) is -1.60. The molecule has 1 N–H and O–H groups in total. The van der Waals surface area contributed by atoms with E-state index in [1.807, 2.05) is 0 Å². The summed E-state index contributed by atoms with van der Waals surface area (Å²) < 4.78 is 0. The molecule has 0 aliphatic carbocycles. The smallest absolute Gasteiger partial charge is 0.329 e. The third-order valence-electron chi connectivity index (χ3n) is 2.71. The average Bonchev–Trinajstić information content (AvgIpc) is 2.30. The van der Waals surface area contributed by atoms with E-state index in [9.17, 15) is 9.59 Å². The average molecular weight is 291 g/mol. The number of amides is 1. The van der Waals surface area contributed by atoms with Crippen molar-refractivity contribution in [2.24, 2.45) is 0 Å². The largest absolute Gasteiger partial charge is 0.480 e. The Hall–Kier alpha value is -1.33. The van der Waals surface area contributed by atoms with Crippen LogP contribution in [-0.4, -0.2) is 39.5 Å². The molecule has 0 saturated heterocycles. The number of halogens is 2. The number of likely N-dealkylation sites (N-methyl/N-ethyl adjacent to an activating group) is 1. The van der Waals surface area contributed by atoms with Gasteiger partial charge < -0.3 is 10.0 Å². The first kappa shape index (κ1) is 14.7. The quantitative estimate of drug-likeness (QED) is 0.868. The molecule has 0 aliphatic heterocycles. The van der Waals surface area contributed by atoms with E-state index in [2.05, 4.69) is 4.98 Å². The molecular weight excluding hydrogens is 279 g/mol. The summed E-state index contributed by atoms with van der Waals surface area (Å²) in [6.45, 7) is 2.86. The predicted molar refractivity (Wildman–Crippen MR) is 68.1 cm³/mol. The van der Waals surface area contributed by atoms with E-state index in [1.165, 1.54) is 33.2 Å². The summed E-state index contributed by atoms with van der Waals surface area (Å²) in [5.41, 5.74) is -1.15.